The number of hydrogen-bond acceptors (Lipinski definition) is 1. The van der Waals surface area contributed by atoms with E-state index in [0.29, 0.717) is 5.88 Å². The molecule has 0 saturated carbocycles. The Kier molecular flexibility index (Phi) is 4.23. The van der Waals surface area contributed by atoms with Crippen LogP contribution in [0.1, 0.15) is 27.0 Å². The third kappa shape index (κ3) is 3.15. The quantitative estimate of drug-likeness (QED) is 0.830. The van der Waals surface area contributed by atoms with Gasteiger partial charge in [0.05, 0.1) is 0 Å². The maximum atomic E-state index is 12.3. The van der Waals surface area contributed by atoms with E-state index in [2.05, 4.69) is 5.32 Å². The molecular weight excluding hydrogens is 258 g/mol. The standard InChI is InChI=1S/C16H16ClNO/c1-11-4-3-5-12(2)15(11)16(19)18-14-8-6-13(10-17)7-9-14/h3-9H,10H2,1-2H3,(H,18,19). The highest BCUT2D eigenvalue weighted by molar-refractivity contribution is 6.17. The maximum absolute atomic E-state index is 12.3. The van der Waals surface area contributed by atoms with E-state index in [4.69, 9.17) is 11.6 Å². The Morgan fingerprint density at radius 3 is 2.16 bits per heavy atom. The van der Waals surface area contributed by atoms with Gasteiger partial charge in [-0.1, -0.05) is 30.3 Å². The van der Waals surface area contributed by atoms with Crippen LogP contribution in [0.3, 0.4) is 0 Å². The van der Waals surface area contributed by atoms with Gasteiger partial charge in [-0.15, -0.1) is 11.6 Å². The van der Waals surface area contributed by atoms with Gasteiger partial charge < -0.3 is 5.32 Å². The van der Waals surface area contributed by atoms with Crippen molar-refractivity contribution < 1.29 is 4.79 Å². The average Bonchev–Trinajstić information content (AvgIpc) is 2.39. The van der Waals surface area contributed by atoms with E-state index in [1.165, 1.54) is 0 Å². The molecule has 0 aliphatic rings. The third-order valence-corrected chi connectivity index (χ3v) is 3.38. The number of aryl methyl sites for hydroxylation is 2. The van der Waals surface area contributed by atoms with Gasteiger partial charge in [-0.2, -0.15) is 0 Å². The maximum Gasteiger partial charge on any atom is 0.256 e. The van der Waals surface area contributed by atoms with Gasteiger partial charge in [-0.25, -0.2) is 0 Å². The van der Waals surface area contributed by atoms with Crippen molar-refractivity contribution in [1.82, 2.24) is 0 Å². The first-order chi connectivity index (χ1) is 9.11. The van der Waals surface area contributed by atoms with Crippen LogP contribution in [0, 0.1) is 13.8 Å². The summed E-state index contributed by atoms with van der Waals surface area (Å²) in [5, 5.41) is 2.91. The monoisotopic (exact) mass is 273 g/mol. The summed E-state index contributed by atoms with van der Waals surface area (Å²) < 4.78 is 0. The minimum Gasteiger partial charge on any atom is -0.322 e. The van der Waals surface area contributed by atoms with Crippen LogP contribution in [0.2, 0.25) is 0 Å². The van der Waals surface area contributed by atoms with E-state index in [1.807, 2.05) is 56.3 Å². The Morgan fingerprint density at radius 2 is 1.63 bits per heavy atom. The molecule has 0 aromatic heterocycles. The second-order valence-corrected chi connectivity index (χ2v) is 4.82. The van der Waals surface area contributed by atoms with Crippen LogP contribution in [0.15, 0.2) is 42.5 Å². The van der Waals surface area contributed by atoms with Crippen LogP contribution in [-0.2, 0) is 5.88 Å². The lowest BCUT2D eigenvalue weighted by atomic mass is 10.0. The van der Waals surface area contributed by atoms with Gasteiger partial charge in [-0.05, 0) is 42.7 Å². The number of anilines is 1. The summed E-state index contributed by atoms with van der Waals surface area (Å²) in [5.41, 5.74) is 4.52. The lowest BCUT2D eigenvalue weighted by Crippen LogP contribution is -2.14. The fourth-order valence-corrected chi connectivity index (χ4v) is 2.22. The van der Waals surface area contributed by atoms with Gasteiger partial charge in [0.25, 0.3) is 5.91 Å². The van der Waals surface area contributed by atoms with Crippen LogP contribution >= 0.6 is 11.6 Å². The summed E-state index contributed by atoms with van der Waals surface area (Å²) in [5.74, 6) is 0.403. The first kappa shape index (κ1) is 13.6. The number of nitrogens with one attached hydrogen (secondary N) is 1. The van der Waals surface area contributed by atoms with Crippen LogP contribution < -0.4 is 5.32 Å². The molecular formula is C16H16ClNO. The largest absolute Gasteiger partial charge is 0.322 e. The summed E-state index contributed by atoms with van der Waals surface area (Å²) in [6.45, 7) is 3.89. The first-order valence-corrected chi connectivity index (χ1v) is 6.67. The molecule has 1 N–H and O–H groups in total. The van der Waals surface area contributed by atoms with E-state index < -0.39 is 0 Å². The molecule has 2 nitrogen and oxygen atoms in total. The Hall–Kier alpha value is -1.80. The van der Waals surface area contributed by atoms with Crippen LogP contribution in [0.5, 0.6) is 0 Å². The molecule has 0 fully saturated rings. The second-order valence-electron chi connectivity index (χ2n) is 4.55. The number of alkyl halides is 1. The summed E-state index contributed by atoms with van der Waals surface area (Å²) >= 11 is 5.74. The van der Waals surface area contributed by atoms with Crippen LogP contribution in [0.25, 0.3) is 0 Å². The lowest BCUT2D eigenvalue weighted by Gasteiger charge is -2.10. The molecule has 3 heteroatoms. The lowest BCUT2D eigenvalue weighted by molar-refractivity contribution is 0.102. The number of benzene rings is 2. The Labute approximate surface area is 118 Å². The van der Waals surface area contributed by atoms with Crippen molar-refractivity contribution in [3.8, 4) is 0 Å². The van der Waals surface area contributed by atoms with Crippen molar-refractivity contribution in [1.29, 1.82) is 0 Å². The fraction of sp³-hybridized carbons (Fsp3) is 0.188. The second kappa shape index (κ2) is 5.89. The number of carbonyl (C=O) groups excluding carboxylic acids is 1. The molecule has 0 aliphatic heterocycles. The predicted octanol–water partition coefficient (Wildman–Crippen LogP) is 4.29. The SMILES string of the molecule is Cc1cccc(C)c1C(=O)Nc1ccc(CCl)cc1. The minimum atomic E-state index is -0.0748. The molecule has 98 valence electrons. The molecule has 1 amide bonds. The van der Waals surface area contributed by atoms with Gasteiger partial charge in [0, 0.05) is 17.1 Å². The molecule has 0 unspecified atom stereocenters. The number of halogens is 1. The summed E-state index contributed by atoms with van der Waals surface area (Å²) in [7, 11) is 0. The van der Waals surface area contributed by atoms with Crippen molar-refractivity contribution in [3.05, 3.63) is 64.7 Å². The Morgan fingerprint density at radius 1 is 1.05 bits per heavy atom. The van der Waals surface area contributed by atoms with Crippen LogP contribution in [-0.4, -0.2) is 5.91 Å². The van der Waals surface area contributed by atoms with Crippen molar-refractivity contribution in [2.75, 3.05) is 5.32 Å². The van der Waals surface area contributed by atoms with E-state index in [1.54, 1.807) is 0 Å². The highest BCUT2D eigenvalue weighted by Crippen LogP contribution is 2.17. The van der Waals surface area contributed by atoms with Crippen molar-refractivity contribution in [3.63, 3.8) is 0 Å². The molecule has 2 aromatic carbocycles. The highest BCUT2D eigenvalue weighted by atomic mass is 35.5. The van der Waals surface area contributed by atoms with Gasteiger partial charge in [0.2, 0.25) is 0 Å². The van der Waals surface area contributed by atoms with Gasteiger partial charge in [0.15, 0.2) is 0 Å². The molecule has 0 spiro atoms. The first-order valence-electron chi connectivity index (χ1n) is 6.14. The average molecular weight is 274 g/mol. The normalized spacial score (nSPS) is 10.3. The smallest absolute Gasteiger partial charge is 0.256 e. The number of carbonyl (C=O) groups is 1. The van der Waals surface area contributed by atoms with Crippen molar-refractivity contribution in [2.45, 2.75) is 19.7 Å². The Balaban J connectivity index is 2.21. The molecule has 19 heavy (non-hydrogen) atoms. The molecule has 0 heterocycles. The highest BCUT2D eigenvalue weighted by Gasteiger charge is 2.11. The molecule has 2 aromatic rings. The van der Waals surface area contributed by atoms with E-state index >= 15 is 0 Å². The Bertz CT molecular complexity index is 570. The fourth-order valence-electron chi connectivity index (χ4n) is 2.04. The number of amides is 1. The molecule has 0 bridgehead atoms. The third-order valence-electron chi connectivity index (χ3n) is 3.07. The zero-order chi connectivity index (χ0) is 13.8. The minimum absolute atomic E-state index is 0.0748. The summed E-state index contributed by atoms with van der Waals surface area (Å²) in [6, 6.07) is 13.4. The van der Waals surface area contributed by atoms with E-state index in [-0.39, 0.29) is 5.91 Å². The summed E-state index contributed by atoms with van der Waals surface area (Å²) in [4.78, 5) is 12.3. The van der Waals surface area contributed by atoms with Gasteiger partial charge in [0.1, 0.15) is 0 Å². The van der Waals surface area contributed by atoms with Crippen LogP contribution in [0.4, 0.5) is 5.69 Å². The zero-order valence-corrected chi connectivity index (χ0v) is 11.8. The number of rotatable bonds is 3. The molecule has 0 atom stereocenters. The zero-order valence-electron chi connectivity index (χ0n) is 11.0. The van der Waals surface area contributed by atoms with E-state index in [0.717, 1.165) is 27.9 Å². The molecule has 0 saturated heterocycles. The van der Waals surface area contributed by atoms with Gasteiger partial charge in [-0.3, -0.25) is 4.79 Å². The number of hydrogen-bond donors (Lipinski definition) is 1. The summed E-state index contributed by atoms with van der Waals surface area (Å²) in [6.07, 6.45) is 0. The predicted molar refractivity (Wildman–Crippen MR) is 79.9 cm³/mol. The topological polar surface area (TPSA) is 29.1 Å². The van der Waals surface area contributed by atoms with Crippen molar-refractivity contribution >= 4 is 23.2 Å². The van der Waals surface area contributed by atoms with E-state index in [9.17, 15) is 4.79 Å². The molecule has 0 aliphatic carbocycles. The molecule has 2 rings (SSSR count). The van der Waals surface area contributed by atoms with Crippen molar-refractivity contribution in [2.24, 2.45) is 0 Å². The van der Waals surface area contributed by atoms with Gasteiger partial charge >= 0.3 is 0 Å². The molecule has 0 radical (unpaired) electrons.